The van der Waals surface area contributed by atoms with Crippen LogP contribution in [0, 0.1) is 12.7 Å². The molecule has 1 amide bonds. The largest absolute Gasteiger partial charge is 0.468 e. The van der Waals surface area contributed by atoms with Crippen molar-refractivity contribution in [3.8, 4) is 0 Å². The summed E-state index contributed by atoms with van der Waals surface area (Å²) in [6.07, 6.45) is 0. The Labute approximate surface area is 92.4 Å². The van der Waals surface area contributed by atoms with Gasteiger partial charge >= 0.3 is 5.97 Å². The zero-order valence-electron chi connectivity index (χ0n) is 9.04. The molecule has 1 rings (SSSR count). The Morgan fingerprint density at radius 2 is 2.12 bits per heavy atom. The predicted octanol–water partition coefficient (Wildman–Crippen LogP) is 1.04. The second-order valence-corrected chi connectivity index (χ2v) is 3.22. The van der Waals surface area contributed by atoms with Crippen molar-refractivity contribution in [2.75, 3.05) is 13.7 Å². The van der Waals surface area contributed by atoms with Crippen molar-refractivity contribution in [3.05, 3.63) is 35.1 Å². The van der Waals surface area contributed by atoms with Crippen LogP contribution in [0.4, 0.5) is 4.39 Å². The molecule has 4 nitrogen and oxygen atoms in total. The van der Waals surface area contributed by atoms with E-state index in [-0.39, 0.29) is 12.1 Å². The summed E-state index contributed by atoms with van der Waals surface area (Å²) < 4.78 is 17.5. The SMILES string of the molecule is COC(=O)CNC(=O)c1ccc(C)c(F)c1. The summed E-state index contributed by atoms with van der Waals surface area (Å²) in [4.78, 5) is 22.2. The van der Waals surface area contributed by atoms with Gasteiger partial charge in [-0.05, 0) is 24.6 Å². The van der Waals surface area contributed by atoms with E-state index in [1.54, 1.807) is 6.92 Å². The van der Waals surface area contributed by atoms with E-state index in [1.165, 1.54) is 19.2 Å². The number of ether oxygens (including phenoxy) is 1. The number of amides is 1. The van der Waals surface area contributed by atoms with Crippen LogP contribution in [0.15, 0.2) is 18.2 Å². The van der Waals surface area contributed by atoms with Crippen LogP contribution in [0.2, 0.25) is 0 Å². The smallest absolute Gasteiger partial charge is 0.325 e. The summed E-state index contributed by atoms with van der Waals surface area (Å²) in [5.41, 5.74) is 0.636. The predicted molar refractivity (Wildman–Crippen MR) is 55.5 cm³/mol. The quantitative estimate of drug-likeness (QED) is 0.782. The maximum Gasteiger partial charge on any atom is 0.325 e. The molecule has 0 spiro atoms. The number of methoxy groups -OCH3 is 1. The van der Waals surface area contributed by atoms with Crippen LogP contribution in [-0.2, 0) is 9.53 Å². The first-order valence-electron chi connectivity index (χ1n) is 4.65. The number of hydrogen-bond acceptors (Lipinski definition) is 3. The van der Waals surface area contributed by atoms with Crippen LogP contribution in [-0.4, -0.2) is 25.5 Å². The third kappa shape index (κ3) is 3.05. The van der Waals surface area contributed by atoms with Crippen molar-refractivity contribution in [3.63, 3.8) is 0 Å². The molecule has 0 saturated heterocycles. The monoisotopic (exact) mass is 225 g/mol. The van der Waals surface area contributed by atoms with Gasteiger partial charge in [0, 0.05) is 5.56 Å². The number of carbonyl (C=O) groups excluding carboxylic acids is 2. The summed E-state index contributed by atoms with van der Waals surface area (Å²) in [7, 11) is 1.22. The molecule has 1 aromatic rings. The molecule has 0 heterocycles. The molecule has 1 N–H and O–H groups in total. The summed E-state index contributed by atoms with van der Waals surface area (Å²) in [5, 5.41) is 2.32. The van der Waals surface area contributed by atoms with Gasteiger partial charge in [0.25, 0.3) is 5.91 Å². The number of aryl methyl sites for hydroxylation is 1. The van der Waals surface area contributed by atoms with E-state index >= 15 is 0 Å². The Bertz CT molecular complexity index is 418. The van der Waals surface area contributed by atoms with E-state index in [1.807, 2.05) is 0 Å². The van der Waals surface area contributed by atoms with Gasteiger partial charge in [0.1, 0.15) is 12.4 Å². The average molecular weight is 225 g/mol. The van der Waals surface area contributed by atoms with Crippen LogP contribution >= 0.6 is 0 Å². The highest BCUT2D eigenvalue weighted by Gasteiger charge is 2.09. The molecule has 0 atom stereocenters. The van der Waals surface area contributed by atoms with Gasteiger partial charge in [-0.3, -0.25) is 9.59 Å². The lowest BCUT2D eigenvalue weighted by molar-refractivity contribution is -0.139. The van der Waals surface area contributed by atoms with E-state index in [4.69, 9.17) is 0 Å². The second-order valence-electron chi connectivity index (χ2n) is 3.22. The number of nitrogens with one attached hydrogen (secondary N) is 1. The molecule has 0 aromatic heterocycles. The molecule has 0 unspecified atom stereocenters. The van der Waals surface area contributed by atoms with E-state index in [0.717, 1.165) is 6.07 Å². The van der Waals surface area contributed by atoms with Crippen molar-refractivity contribution in [2.45, 2.75) is 6.92 Å². The van der Waals surface area contributed by atoms with Crippen molar-refractivity contribution in [1.29, 1.82) is 0 Å². The molecule has 86 valence electrons. The van der Waals surface area contributed by atoms with E-state index in [0.29, 0.717) is 5.56 Å². The van der Waals surface area contributed by atoms with Gasteiger partial charge in [0.2, 0.25) is 0 Å². The molecule has 1 aromatic carbocycles. The minimum absolute atomic E-state index is 0.173. The molecule has 0 radical (unpaired) electrons. The summed E-state index contributed by atoms with van der Waals surface area (Å²) in [5.74, 6) is -1.52. The summed E-state index contributed by atoms with van der Waals surface area (Å²) >= 11 is 0. The normalized spacial score (nSPS) is 9.69. The standard InChI is InChI=1S/C11H12FNO3/c1-7-3-4-8(5-9(7)12)11(15)13-6-10(14)16-2/h3-5H,6H2,1-2H3,(H,13,15). The van der Waals surface area contributed by atoms with Crippen LogP contribution in [0.3, 0.4) is 0 Å². The van der Waals surface area contributed by atoms with Gasteiger partial charge in [-0.1, -0.05) is 6.07 Å². The van der Waals surface area contributed by atoms with Gasteiger partial charge in [-0.2, -0.15) is 0 Å². The fourth-order valence-electron chi connectivity index (χ4n) is 1.06. The highest BCUT2D eigenvalue weighted by atomic mass is 19.1. The lowest BCUT2D eigenvalue weighted by Crippen LogP contribution is -2.30. The highest BCUT2D eigenvalue weighted by Crippen LogP contribution is 2.08. The topological polar surface area (TPSA) is 55.4 Å². The number of rotatable bonds is 3. The molecular formula is C11H12FNO3. The first kappa shape index (κ1) is 12.2. The minimum atomic E-state index is -0.555. The molecule has 0 aliphatic heterocycles. The molecular weight excluding hydrogens is 213 g/mol. The molecule has 0 fully saturated rings. The number of benzene rings is 1. The Kier molecular flexibility index (Phi) is 3.99. The zero-order valence-corrected chi connectivity index (χ0v) is 9.04. The van der Waals surface area contributed by atoms with Crippen molar-refractivity contribution >= 4 is 11.9 Å². The van der Waals surface area contributed by atoms with Crippen LogP contribution in [0.1, 0.15) is 15.9 Å². The lowest BCUT2D eigenvalue weighted by atomic mass is 10.1. The summed E-state index contributed by atoms with van der Waals surface area (Å²) in [6.45, 7) is 1.37. The first-order chi connectivity index (χ1) is 7.54. The van der Waals surface area contributed by atoms with E-state index in [2.05, 4.69) is 10.1 Å². The maximum absolute atomic E-state index is 13.1. The molecule has 0 aliphatic rings. The Morgan fingerprint density at radius 1 is 1.44 bits per heavy atom. The Hall–Kier alpha value is -1.91. The van der Waals surface area contributed by atoms with Gasteiger partial charge < -0.3 is 10.1 Å². The van der Waals surface area contributed by atoms with Crippen LogP contribution < -0.4 is 5.32 Å². The molecule has 0 bridgehead atoms. The third-order valence-electron chi connectivity index (χ3n) is 2.05. The van der Waals surface area contributed by atoms with Gasteiger partial charge in [0.15, 0.2) is 0 Å². The summed E-state index contributed by atoms with van der Waals surface area (Å²) in [6, 6.07) is 4.12. The van der Waals surface area contributed by atoms with Crippen LogP contribution in [0.5, 0.6) is 0 Å². The average Bonchev–Trinajstić information content (AvgIpc) is 2.29. The van der Waals surface area contributed by atoms with Crippen LogP contribution in [0.25, 0.3) is 0 Å². The first-order valence-corrected chi connectivity index (χ1v) is 4.65. The number of halogens is 1. The van der Waals surface area contributed by atoms with Gasteiger partial charge in [-0.25, -0.2) is 4.39 Å². The number of carbonyl (C=O) groups is 2. The van der Waals surface area contributed by atoms with E-state index in [9.17, 15) is 14.0 Å². The third-order valence-corrected chi connectivity index (χ3v) is 2.05. The molecule has 0 aliphatic carbocycles. The van der Waals surface area contributed by atoms with Gasteiger partial charge in [-0.15, -0.1) is 0 Å². The van der Waals surface area contributed by atoms with Gasteiger partial charge in [0.05, 0.1) is 7.11 Å². The Morgan fingerprint density at radius 3 is 2.69 bits per heavy atom. The maximum atomic E-state index is 13.1. The fraction of sp³-hybridized carbons (Fsp3) is 0.273. The Balaban J connectivity index is 2.66. The fourth-order valence-corrected chi connectivity index (χ4v) is 1.06. The molecule has 16 heavy (non-hydrogen) atoms. The molecule has 0 saturated carbocycles. The zero-order chi connectivity index (χ0) is 12.1. The number of esters is 1. The second kappa shape index (κ2) is 5.25. The minimum Gasteiger partial charge on any atom is -0.468 e. The lowest BCUT2D eigenvalue weighted by Gasteiger charge is -2.04. The van der Waals surface area contributed by atoms with Crippen molar-refractivity contribution in [2.24, 2.45) is 0 Å². The van der Waals surface area contributed by atoms with Crippen molar-refractivity contribution < 1.29 is 18.7 Å². The molecule has 5 heteroatoms. The highest BCUT2D eigenvalue weighted by molar-refractivity contribution is 5.95. The van der Waals surface area contributed by atoms with E-state index < -0.39 is 17.7 Å². The number of hydrogen-bond donors (Lipinski definition) is 1. The van der Waals surface area contributed by atoms with Crippen molar-refractivity contribution in [1.82, 2.24) is 5.32 Å².